The number of fused-ring (bicyclic) bond motifs is 1. The lowest BCUT2D eigenvalue weighted by atomic mass is 10.1. The Kier molecular flexibility index (Phi) is 4.36. The number of nitrogens with one attached hydrogen (secondary N) is 1. The summed E-state index contributed by atoms with van der Waals surface area (Å²) in [5.74, 6) is 0. The summed E-state index contributed by atoms with van der Waals surface area (Å²) in [6, 6.07) is 0. The van der Waals surface area contributed by atoms with Crippen molar-refractivity contribution in [2.45, 2.75) is 44.8 Å². The standard InChI is InChI=1S/C15H20N2O4/c1-2-3-6-19-7-10-4-5-12(21-10)11-8-20-14-13(11)16-9-17-15(14)18/h8-10,12H,2-7H2,1H3,(H,16,17,18)/t10-,12+/m0/s1. The van der Waals surface area contributed by atoms with E-state index in [9.17, 15) is 4.79 Å². The molecule has 114 valence electrons. The van der Waals surface area contributed by atoms with Crippen molar-refractivity contribution >= 4 is 11.1 Å². The van der Waals surface area contributed by atoms with Gasteiger partial charge in [0.15, 0.2) is 0 Å². The number of ether oxygens (including phenoxy) is 2. The molecule has 0 amide bonds. The van der Waals surface area contributed by atoms with Gasteiger partial charge in [-0.3, -0.25) is 4.79 Å². The normalized spacial score (nSPS) is 22.1. The molecule has 0 saturated carbocycles. The van der Waals surface area contributed by atoms with Crippen molar-refractivity contribution in [1.82, 2.24) is 9.97 Å². The maximum atomic E-state index is 11.6. The summed E-state index contributed by atoms with van der Waals surface area (Å²) in [7, 11) is 0. The van der Waals surface area contributed by atoms with Crippen LogP contribution in [-0.4, -0.2) is 29.3 Å². The monoisotopic (exact) mass is 292 g/mol. The molecule has 0 bridgehead atoms. The molecule has 1 fully saturated rings. The van der Waals surface area contributed by atoms with E-state index in [1.165, 1.54) is 6.33 Å². The molecule has 2 aromatic heterocycles. The van der Waals surface area contributed by atoms with Gasteiger partial charge in [-0.05, 0) is 19.3 Å². The lowest BCUT2D eigenvalue weighted by Gasteiger charge is -2.13. The average Bonchev–Trinajstić information content (AvgIpc) is 3.10. The van der Waals surface area contributed by atoms with E-state index in [0.717, 1.165) is 37.9 Å². The maximum Gasteiger partial charge on any atom is 0.294 e. The highest BCUT2D eigenvalue weighted by Crippen LogP contribution is 2.35. The molecule has 0 radical (unpaired) electrons. The highest BCUT2D eigenvalue weighted by molar-refractivity contribution is 5.75. The first-order chi connectivity index (χ1) is 10.3. The van der Waals surface area contributed by atoms with Gasteiger partial charge < -0.3 is 18.9 Å². The SMILES string of the molecule is CCCCOC[C@@H]1CC[C@H](c2coc3c(=O)[nH]cnc23)O1. The van der Waals surface area contributed by atoms with Crippen molar-refractivity contribution in [2.24, 2.45) is 0 Å². The predicted octanol–water partition coefficient (Wildman–Crippen LogP) is 2.55. The van der Waals surface area contributed by atoms with Crippen LogP contribution in [0.3, 0.4) is 0 Å². The molecule has 0 aliphatic carbocycles. The molecule has 1 aliphatic heterocycles. The Labute approximate surface area is 122 Å². The summed E-state index contributed by atoms with van der Waals surface area (Å²) in [5.41, 5.74) is 1.45. The van der Waals surface area contributed by atoms with E-state index in [0.29, 0.717) is 12.1 Å². The van der Waals surface area contributed by atoms with Crippen LogP contribution >= 0.6 is 0 Å². The van der Waals surface area contributed by atoms with E-state index in [1.54, 1.807) is 6.26 Å². The van der Waals surface area contributed by atoms with Crippen LogP contribution in [0.25, 0.3) is 11.1 Å². The number of hydrogen-bond donors (Lipinski definition) is 1. The van der Waals surface area contributed by atoms with E-state index < -0.39 is 0 Å². The third-order valence-corrected chi connectivity index (χ3v) is 3.79. The number of hydrogen-bond acceptors (Lipinski definition) is 5. The largest absolute Gasteiger partial charge is 0.456 e. The predicted molar refractivity (Wildman–Crippen MR) is 77.2 cm³/mol. The smallest absolute Gasteiger partial charge is 0.294 e. The number of nitrogens with zero attached hydrogens (tertiary/aromatic N) is 1. The van der Waals surface area contributed by atoms with Gasteiger partial charge in [0.2, 0.25) is 5.58 Å². The first-order valence-corrected chi connectivity index (χ1v) is 7.47. The van der Waals surface area contributed by atoms with Crippen LogP contribution < -0.4 is 5.56 Å². The first kappa shape index (κ1) is 14.3. The number of rotatable bonds is 6. The quantitative estimate of drug-likeness (QED) is 0.828. The van der Waals surface area contributed by atoms with Crippen LogP contribution in [0.1, 0.15) is 44.3 Å². The molecule has 0 aromatic carbocycles. The summed E-state index contributed by atoms with van der Waals surface area (Å²) >= 11 is 0. The van der Waals surface area contributed by atoms with Crippen LogP contribution in [0, 0.1) is 0 Å². The molecule has 1 saturated heterocycles. The van der Waals surface area contributed by atoms with Crippen LogP contribution in [0.4, 0.5) is 0 Å². The molecule has 1 aliphatic rings. The fourth-order valence-corrected chi connectivity index (χ4v) is 2.63. The Balaban J connectivity index is 1.65. The van der Waals surface area contributed by atoms with Gasteiger partial charge in [0.25, 0.3) is 5.56 Å². The second-order valence-corrected chi connectivity index (χ2v) is 5.35. The summed E-state index contributed by atoms with van der Waals surface area (Å²) in [5, 5.41) is 0. The van der Waals surface area contributed by atoms with Gasteiger partial charge in [0.05, 0.1) is 31.4 Å². The molecule has 2 aromatic rings. The van der Waals surface area contributed by atoms with Gasteiger partial charge in [0, 0.05) is 12.2 Å². The molecule has 3 heterocycles. The second kappa shape index (κ2) is 6.41. The van der Waals surface area contributed by atoms with Crippen molar-refractivity contribution in [3.05, 3.63) is 28.5 Å². The summed E-state index contributed by atoms with van der Waals surface area (Å²) in [4.78, 5) is 18.3. The van der Waals surface area contributed by atoms with Crippen LogP contribution in [0.5, 0.6) is 0 Å². The fourth-order valence-electron chi connectivity index (χ4n) is 2.63. The van der Waals surface area contributed by atoms with Gasteiger partial charge in [-0.2, -0.15) is 0 Å². The van der Waals surface area contributed by atoms with E-state index >= 15 is 0 Å². The third-order valence-electron chi connectivity index (χ3n) is 3.79. The topological polar surface area (TPSA) is 77.4 Å². The molecule has 21 heavy (non-hydrogen) atoms. The Morgan fingerprint density at radius 3 is 3.24 bits per heavy atom. The zero-order chi connectivity index (χ0) is 14.7. The third kappa shape index (κ3) is 3.01. The number of H-pyrrole nitrogens is 1. The number of aromatic nitrogens is 2. The van der Waals surface area contributed by atoms with Crippen molar-refractivity contribution in [2.75, 3.05) is 13.2 Å². The number of furan rings is 1. The minimum Gasteiger partial charge on any atom is -0.456 e. The highest BCUT2D eigenvalue weighted by atomic mass is 16.5. The highest BCUT2D eigenvalue weighted by Gasteiger charge is 2.29. The van der Waals surface area contributed by atoms with E-state index in [2.05, 4.69) is 16.9 Å². The van der Waals surface area contributed by atoms with Crippen molar-refractivity contribution < 1.29 is 13.9 Å². The van der Waals surface area contributed by atoms with Crippen molar-refractivity contribution in [3.8, 4) is 0 Å². The lowest BCUT2D eigenvalue weighted by Crippen LogP contribution is -2.15. The van der Waals surface area contributed by atoms with Crippen LogP contribution in [0.15, 0.2) is 21.8 Å². The van der Waals surface area contributed by atoms with E-state index in [4.69, 9.17) is 13.9 Å². The Morgan fingerprint density at radius 2 is 2.38 bits per heavy atom. The molecule has 6 heteroatoms. The van der Waals surface area contributed by atoms with Crippen LogP contribution in [0.2, 0.25) is 0 Å². The van der Waals surface area contributed by atoms with Gasteiger partial charge in [-0.15, -0.1) is 0 Å². The summed E-state index contributed by atoms with van der Waals surface area (Å²) < 4.78 is 16.9. The molecule has 2 atom stereocenters. The maximum absolute atomic E-state index is 11.6. The Hall–Kier alpha value is -1.66. The zero-order valence-corrected chi connectivity index (χ0v) is 12.1. The summed E-state index contributed by atoms with van der Waals surface area (Å²) in [6.07, 6.45) is 7.07. The zero-order valence-electron chi connectivity index (χ0n) is 12.1. The van der Waals surface area contributed by atoms with Gasteiger partial charge >= 0.3 is 0 Å². The van der Waals surface area contributed by atoms with E-state index in [1.807, 2.05) is 0 Å². The first-order valence-electron chi connectivity index (χ1n) is 7.47. The minimum atomic E-state index is -0.260. The number of aromatic amines is 1. The van der Waals surface area contributed by atoms with Crippen molar-refractivity contribution in [1.29, 1.82) is 0 Å². The van der Waals surface area contributed by atoms with Gasteiger partial charge in [-0.1, -0.05) is 13.3 Å². The molecular formula is C15H20N2O4. The number of unbranched alkanes of at least 4 members (excludes halogenated alkanes) is 1. The Morgan fingerprint density at radius 1 is 1.48 bits per heavy atom. The van der Waals surface area contributed by atoms with Crippen LogP contribution in [-0.2, 0) is 9.47 Å². The average molecular weight is 292 g/mol. The lowest BCUT2D eigenvalue weighted by molar-refractivity contribution is -0.0160. The fraction of sp³-hybridized carbons (Fsp3) is 0.600. The minimum absolute atomic E-state index is 0.0691. The Bertz CT molecular complexity index is 648. The molecule has 0 spiro atoms. The second-order valence-electron chi connectivity index (χ2n) is 5.35. The summed E-state index contributed by atoms with van der Waals surface area (Å²) in [6.45, 7) is 3.55. The molecule has 3 rings (SSSR count). The van der Waals surface area contributed by atoms with Gasteiger partial charge in [-0.25, -0.2) is 4.98 Å². The molecule has 1 N–H and O–H groups in total. The molecular weight excluding hydrogens is 272 g/mol. The molecule has 0 unspecified atom stereocenters. The van der Waals surface area contributed by atoms with Crippen molar-refractivity contribution in [3.63, 3.8) is 0 Å². The van der Waals surface area contributed by atoms with E-state index in [-0.39, 0.29) is 23.4 Å². The molecule has 6 nitrogen and oxygen atoms in total. The van der Waals surface area contributed by atoms with Gasteiger partial charge in [0.1, 0.15) is 5.52 Å².